The molecule has 1 fully saturated rings. The van der Waals surface area contributed by atoms with Crippen LogP contribution in [0.4, 0.5) is 5.69 Å². The molecule has 1 heterocycles. The molecule has 2 rings (SSSR count). The number of ketones is 1. The second kappa shape index (κ2) is 4.23. The Bertz CT molecular complexity index is 383. The average Bonchev–Trinajstić information content (AvgIpc) is 2.69. The van der Waals surface area contributed by atoms with Crippen molar-refractivity contribution in [1.29, 1.82) is 0 Å². The highest BCUT2D eigenvalue weighted by Gasteiger charge is 2.14. The standard InChI is InChI=1S/C12H14ClNO/c1-9(15)11-5-4-10(8-12(11)13)14-6-2-3-7-14/h4-5,8H,2-3,6-7H2,1H3. The summed E-state index contributed by atoms with van der Waals surface area (Å²) in [5, 5.41) is 0.562. The fourth-order valence-electron chi connectivity index (χ4n) is 1.96. The van der Waals surface area contributed by atoms with Gasteiger partial charge in [-0.15, -0.1) is 0 Å². The van der Waals surface area contributed by atoms with Gasteiger partial charge in [-0.1, -0.05) is 11.6 Å². The van der Waals surface area contributed by atoms with E-state index in [0.29, 0.717) is 10.6 Å². The Hall–Kier alpha value is -1.02. The normalized spacial score (nSPS) is 15.7. The van der Waals surface area contributed by atoms with E-state index < -0.39 is 0 Å². The molecular weight excluding hydrogens is 210 g/mol. The molecule has 0 atom stereocenters. The van der Waals surface area contributed by atoms with Crippen molar-refractivity contribution in [2.45, 2.75) is 19.8 Å². The maximum Gasteiger partial charge on any atom is 0.161 e. The Morgan fingerprint density at radius 2 is 2.00 bits per heavy atom. The summed E-state index contributed by atoms with van der Waals surface area (Å²) in [6.07, 6.45) is 2.48. The van der Waals surface area contributed by atoms with E-state index in [1.54, 1.807) is 0 Å². The number of nitrogens with zero attached hydrogens (tertiary/aromatic N) is 1. The molecule has 1 saturated heterocycles. The summed E-state index contributed by atoms with van der Waals surface area (Å²) in [5.41, 5.74) is 1.74. The van der Waals surface area contributed by atoms with Crippen LogP contribution in [0, 0.1) is 0 Å². The van der Waals surface area contributed by atoms with Crippen LogP contribution in [-0.2, 0) is 0 Å². The molecular formula is C12H14ClNO. The lowest BCUT2D eigenvalue weighted by atomic mass is 10.1. The van der Waals surface area contributed by atoms with E-state index in [1.165, 1.54) is 19.8 Å². The van der Waals surface area contributed by atoms with Crippen molar-refractivity contribution < 1.29 is 4.79 Å². The molecule has 0 aliphatic carbocycles. The van der Waals surface area contributed by atoms with Gasteiger partial charge in [0.1, 0.15) is 0 Å². The highest BCUT2D eigenvalue weighted by Crippen LogP contribution is 2.26. The first-order valence-electron chi connectivity index (χ1n) is 5.24. The molecule has 0 bridgehead atoms. The number of carbonyl (C=O) groups is 1. The van der Waals surface area contributed by atoms with Gasteiger partial charge in [-0.05, 0) is 38.0 Å². The van der Waals surface area contributed by atoms with Crippen molar-refractivity contribution in [2.75, 3.05) is 18.0 Å². The second-order valence-corrected chi connectivity index (χ2v) is 4.32. The van der Waals surface area contributed by atoms with Crippen LogP contribution in [0.2, 0.25) is 5.02 Å². The van der Waals surface area contributed by atoms with Crippen LogP contribution < -0.4 is 4.90 Å². The Morgan fingerprint density at radius 1 is 1.33 bits per heavy atom. The van der Waals surface area contributed by atoms with Crippen LogP contribution in [0.25, 0.3) is 0 Å². The van der Waals surface area contributed by atoms with Crippen LogP contribution in [0.3, 0.4) is 0 Å². The third-order valence-corrected chi connectivity index (χ3v) is 3.12. The predicted molar refractivity (Wildman–Crippen MR) is 62.9 cm³/mol. The van der Waals surface area contributed by atoms with Crippen molar-refractivity contribution in [3.8, 4) is 0 Å². The summed E-state index contributed by atoms with van der Waals surface area (Å²) >= 11 is 6.06. The van der Waals surface area contributed by atoms with Crippen LogP contribution in [-0.4, -0.2) is 18.9 Å². The quantitative estimate of drug-likeness (QED) is 0.718. The summed E-state index contributed by atoms with van der Waals surface area (Å²) in [6, 6.07) is 5.69. The third kappa shape index (κ3) is 2.15. The van der Waals surface area contributed by atoms with E-state index in [-0.39, 0.29) is 5.78 Å². The first kappa shape index (κ1) is 10.5. The molecule has 0 aromatic heterocycles. The maximum absolute atomic E-state index is 11.2. The zero-order valence-corrected chi connectivity index (χ0v) is 9.55. The Kier molecular flexibility index (Phi) is 2.96. The number of anilines is 1. The summed E-state index contributed by atoms with van der Waals surface area (Å²) in [4.78, 5) is 13.5. The van der Waals surface area contributed by atoms with Gasteiger partial charge in [-0.2, -0.15) is 0 Å². The van der Waals surface area contributed by atoms with E-state index in [9.17, 15) is 4.79 Å². The number of halogens is 1. The third-order valence-electron chi connectivity index (χ3n) is 2.80. The van der Waals surface area contributed by atoms with Crippen LogP contribution in [0.5, 0.6) is 0 Å². The lowest BCUT2D eigenvalue weighted by Gasteiger charge is -2.18. The number of hydrogen-bond donors (Lipinski definition) is 0. The van der Waals surface area contributed by atoms with Crippen molar-refractivity contribution in [3.05, 3.63) is 28.8 Å². The van der Waals surface area contributed by atoms with Crippen LogP contribution in [0.15, 0.2) is 18.2 Å². The number of rotatable bonds is 2. The van der Waals surface area contributed by atoms with Gasteiger partial charge in [0.2, 0.25) is 0 Å². The van der Waals surface area contributed by atoms with E-state index >= 15 is 0 Å². The maximum atomic E-state index is 11.2. The highest BCUT2D eigenvalue weighted by atomic mass is 35.5. The minimum atomic E-state index is 0.0213. The van der Waals surface area contributed by atoms with Crippen LogP contribution in [0.1, 0.15) is 30.1 Å². The summed E-state index contributed by atoms with van der Waals surface area (Å²) in [7, 11) is 0. The van der Waals surface area contributed by atoms with Crippen LogP contribution >= 0.6 is 11.6 Å². The molecule has 0 saturated carbocycles. The molecule has 0 unspecified atom stereocenters. The Labute approximate surface area is 94.8 Å². The smallest absolute Gasteiger partial charge is 0.161 e. The fraction of sp³-hybridized carbons (Fsp3) is 0.417. The highest BCUT2D eigenvalue weighted by molar-refractivity contribution is 6.34. The molecule has 0 N–H and O–H groups in total. The van der Waals surface area contributed by atoms with Crippen molar-refractivity contribution >= 4 is 23.1 Å². The zero-order chi connectivity index (χ0) is 10.8. The molecule has 1 aliphatic heterocycles. The largest absolute Gasteiger partial charge is 0.371 e. The summed E-state index contributed by atoms with van der Waals surface area (Å²) < 4.78 is 0. The predicted octanol–water partition coefficient (Wildman–Crippen LogP) is 3.14. The topological polar surface area (TPSA) is 20.3 Å². The number of Topliss-reactive ketones (excluding diaryl/α,β-unsaturated/α-hetero) is 1. The van der Waals surface area contributed by atoms with Gasteiger partial charge in [-0.25, -0.2) is 0 Å². The number of hydrogen-bond acceptors (Lipinski definition) is 2. The Balaban J connectivity index is 2.28. The van der Waals surface area contributed by atoms with Gasteiger partial charge in [-0.3, -0.25) is 4.79 Å². The fourth-order valence-corrected chi connectivity index (χ4v) is 2.27. The van der Waals surface area contributed by atoms with Gasteiger partial charge >= 0.3 is 0 Å². The molecule has 1 aromatic carbocycles. The van der Waals surface area contributed by atoms with Gasteiger partial charge in [0, 0.05) is 24.3 Å². The lowest BCUT2D eigenvalue weighted by molar-refractivity contribution is 0.101. The van der Waals surface area contributed by atoms with Crippen molar-refractivity contribution in [2.24, 2.45) is 0 Å². The minimum absolute atomic E-state index is 0.0213. The Morgan fingerprint density at radius 3 is 2.53 bits per heavy atom. The molecule has 0 amide bonds. The molecule has 0 spiro atoms. The average molecular weight is 224 g/mol. The van der Waals surface area contributed by atoms with E-state index in [2.05, 4.69) is 4.90 Å². The van der Waals surface area contributed by atoms with Gasteiger partial charge < -0.3 is 4.90 Å². The van der Waals surface area contributed by atoms with Gasteiger partial charge in [0.25, 0.3) is 0 Å². The molecule has 2 nitrogen and oxygen atoms in total. The summed E-state index contributed by atoms with van der Waals surface area (Å²) in [5.74, 6) is 0.0213. The van der Waals surface area contributed by atoms with Crippen molar-refractivity contribution in [3.63, 3.8) is 0 Å². The SMILES string of the molecule is CC(=O)c1ccc(N2CCCC2)cc1Cl. The van der Waals surface area contributed by atoms with E-state index in [0.717, 1.165) is 18.8 Å². The molecule has 15 heavy (non-hydrogen) atoms. The second-order valence-electron chi connectivity index (χ2n) is 3.91. The van der Waals surface area contributed by atoms with Crippen molar-refractivity contribution in [1.82, 2.24) is 0 Å². The monoisotopic (exact) mass is 223 g/mol. The number of carbonyl (C=O) groups excluding carboxylic acids is 1. The molecule has 1 aliphatic rings. The first-order valence-corrected chi connectivity index (χ1v) is 5.62. The lowest BCUT2D eigenvalue weighted by Crippen LogP contribution is -2.17. The minimum Gasteiger partial charge on any atom is -0.371 e. The molecule has 3 heteroatoms. The first-order chi connectivity index (χ1) is 7.18. The molecule has 1 aromatic rings. The molecule has 0 radical (unpaired) electrons. The van der Waals surface area contributed by atoms with E-state index in [1.807, 2.05) is 18.2 Å². The van der Waals surface area contributed by atoms with Gasteiger partial charge in [0.15, 0.2) is 5.78 Å². The zero-order valence-electron chi connectivity index (χ0n) is 8.79. The number of benzene rings is 1. The van der Waals surface area contributed by atoms with E-state index in [4.69, 9.17) is 11.6 Å². The van der Waals surface area contributed by atoms with Gasteiger partial charge in [0.05, 0.1) is 5.02 Å². The molecule has 80 valence electrons. The summed E-state index contributed by atoms with van der Waals surface area (Å²) in [6.45, 7) is 3.72.